The predicted octanol–water partition coefficient (Wildman–Crippen LogP) is -2.50. The Balaban J connectivity index is 2.40. The summed E-state index contributed by atoms with van der Waals surface area (Å²) >= 11 is 0. The molecule has 0 saturated carbocycles. The number of nitrogens with two attached hydrogens (primary N) is 1. The highest BCUT2D eigenvalue weighted by molar-refractivity contribution is 6.59. The van der Waals surface area contributed by atoms with Crippen molar-refractivity contribution in [1.29, 1.82) is 0 Å². The monoisotopic (exact) mass is 483 g/mol. The summed E-state index contributed by atoms with van der Waals surface area (Å²) in [6.07, 6.45) is -0.134. The predicted molar refractivity (Wildman–Crippen MR) is 115 cm³/mol. The van der Waals surface area contributed by atoms with Crippen LogP contribution in [0.1, 0.15) is 22.3 Å². The van der Waals surface area contributed by atoms with Crippen LogP contribution in [-0.4, -0.2) is 70.7 Å². The SMILES string of the molecule is CONC(=O)[C@@H](N)CCN(Cc1cc(F)c(F)c(B(O)O)c1)C(=O)c1cc(F)cc(B(O)O)c1. The number of nitrogens with one attached hydrogen (secondary N) is 1. The Morgan fingerprint density at radius 1 is 1.09 bits per heavy atom. The lowest BCUT2D eigenvalue weighted by atomic mass is 9.79. The van der Waals surface area contributed by atoms with Gasteiger partial charge in [-0.1, -0.05) is 6.07 Å². The molecule has 182 valence electrons. The normalized spacial score (nSPS) is 11.7. The van der Waals surface area contributed by atoms with Crippen LogP contribution >= 0.6 is 0 Å². The number of carbonyl (C=O) groups is 2. The van der Waals surface area contributed by atoms with Crippen LogP contribution in [-0.2, 0) is 16.2 Å². The van der Waals surface area contributed by atoms with Crippen LogP contribution < -0.4 is 22.1 Å². The van der Waals surface area contributed by atoms with Gasteiger partial charge < -0.3 is 30.7 Å². The number of benzene rings is 2. The number of rotatable bonds is 10. The Morgan fingerprint density at radius 3 is 2.35 bits per heavy atom. The van der Waals surface area contributed by atoms with E-state index in [-0.39, 0.29) is 29.6 Å². The van der Waals surface area contributed by atoms with Crippen molar-refractivity contribution in [1.82, 2.24) is 10.4 Å². The van der Waals surface area contributed by atoms with Crippen molar-refractivity contribution < 1.29 is 47.7 Å². The molecule has 2 rings (SSSR count). The first kappa shape index (κ1) is 27.3. The van der Waals surface area contributed by atoms with Crippen LogP contribution in [0, 0.1) is 17.5 Å². The van der Waals surface area contributed by atoms with Crippen molar-refractivity contribution in [2.75, 3.05) is 13.7 Å². The van der Waals surface area contributed by atoms with Gasteiger partial charge in [0.15, 0.2) is 11.6 Å². The molecule has 0 spiro atoms. The molecule has 10 nitrogen and oxygen atoms in total. The number of halogens is 3. The number of amides is 2. The molecule has 2 aromatic rings. The van der Waals surface area contributed by atoms with E-state index in [9.17, 15) is 42.9 Å². The topological polar surface area (TPSA) is 166 Å². The Bertz CT molecular complexity index is 1050. The second kappa shape index (κ2) is 12.0. The van der Waals surface area contributed by atoms with E-state index in [0.717, 1.165) is 35.2 Å². The Hall–Kier alpha value is -2.94. The lowest BCUT2D eigenvalue weighted by molar-refractivity contribution is -0.132. The molecule has 0 fully saturated rings. The largest absolute Gasteiger partial charge is 0.491 e. The van der Waals surface area contributed by atoms with Crippen LogP contribution in [0.5, 0.6) is 0 Å². The zero-order chi connectivity index (χ0) is 25.6. The Morgan fingerprint density at radius 2 is 1.76 bits per heavy atom. The molecule has 0 unspecified atom stereocenters. The van der Waals surface area contributed by atoms with E-state index < -0.39 is 61.6 Å². The van der Waals surface area contributed by atoms with Gasteiger partial charge in [0.05, 0.1) is 13.2 Å². The molecule has 0 bridgehead atoms. The summed E-state index contributed by atoms with van der Waals surface area (Å²) in [5.41, 5.74) is 6.34. The smallest absolute Gasteiger partial charge is 0.423 e. The lowest BCUT2D eigenvalue weighted by Crippen LogP contribution is -2.43. The maximum atomic E-state index is 14.0. The van der Waals surface area contributed by atoms with Gasteiger partial charge in [-0.05, 0) is 41.7 Å². The maximum absolute atomic E-state index is 14.0. The van der Waals surface area contributed by atoms with E-state index in [1.54, 1.807) is 0 Å². The molecule has 0 aliphatic heterocycles. The summed E-state index contributed by atoms with van der Waals surface area (Å²) in [5.74, 6) is -5.40. The Kier molecular flexibility index (Phi) is 9.61. The molecule has 2 amide bonds. The third kappa shape index (κ3) is 7.03. The van der Waals surface area contributed by atoms with E-state index >= 15 is 0 Å². The van der Waals surface area contributed by atoms with Gasteiger partial charge in [0.25, 0.3) is 11.8 Å². The van der Waals surface area contributed by atoms with Gasteiger partial charge in [0, 0.05) is 24.1 Å². The standard InChI is InChI=1S/C19H22B2F3N3O7/c1-34-26-18(28)16(25)2-3-27(9-10-4-14(21(32)33)17(24)15(23)5-10)19(29)11-6-12(20(30)31)8-13(22)7-11/h4-8,16,30-33H,2-3,9,25H2,1H3,(H,26,28)/t16-/m0/s1. The average molecular weight is 483 g/mol. The molecule has 0 radical (unpaired) electrons. The third-order valence-corrected chi connectivity index (χ3v) is 4.77. The van der Waals surface area contributed by atoms with Crippen LogP contribution in [0.3, 0.4) is 0 Å². The van der Waals surface area contributed by atoms with Crippen LogP contribution in [0.2, 0.25) is 0 Å². The number of hydroxylamine groups is 1. The fraction of sp³-hybridized carbons (Fsp3) is 0.263. The van der Waals surface area contributed by atoms with Crippen molar-refractivity contribution >= 4 is 37.0 Å². The van der Waals surface area contributed by atoms with E-state index in [1.807, 2.05) is 5.48 Å². The molecule has 2 aromatic carbocycles. The average Bonchev–Trinajstić information content (AvgIpc) is 2.77. The van der Waals surface area contributed by atoms with Gasteiger partial charge >= 0.3 is 14.2 Å². The summed E-state index contributed by atoms with van der Waals surface area (Å²) in [6, 6.07) is 3.17. The summed E-state index contributed by atoms with van der Waals surface area (Å²) < 4.78 is 41.8. The highest BCUT2D eigenvalue weighted by atomic mass is 19.2. The molecule has 0 aromatic heterocycles. The minimum atomic E-state index is -2.33. The summed E-state index contributed by atoms with van der Waals surface area (Å²) in [7, 11) is -3.21. The van der Waals surface area contributed by atoms with Crippen LogP contribution in [0.4, 0.5) is 13.2 Å². The minimum Gasteiger partial charge on any atom is -0.423 e. The number of hydrogen-bond donors (Lipinski definition) is 6. The zero-order valence-corrected chi connectivity index (χ0v) is 17.9. The van der Waals surface area contributed by atoms with Crippen LogP contribution in [0.25, 0.3) is 0 Å². The number of nitrogens with zero attached hydrogens (tertiary/aromatic N) is 1. The van der Waals surface area contributed by atoms with Gasteiger partial charge in [0.2, 0.25) is 0 Å². The molecule has 0 saturated heterocycles. The van der Waals surface area contributed by atoms with Gasteiger partial charge in [0.1, 0.15) is 5.82 Å². The van der Waals surface area contributed by atoms with Gasteiger partial charge in [-0.25, -0.2) is 18.7 Å². The first-order valence-electron chi connectivity index (χ1n) is 9.82. The van der Waals surface area contributed by atoms with Crippen molar-refractivity contribution in [2.24, 2.45) is 5.73 Å². The molecular formula is C19H22B2F3N3O7. The van der Waals surface area contributed by atoms with Crippen LogP contribution in [0.15, 0.2) is 30.3 Å². The van der Waals surface area contributed by atoms with Crippen molar-refractivity contribution in [3.05, 3.63) is 58.9 Å². The number of carbonyl (C=O) groups excluding carboxylic acids is 2. The van der Waals surface area contributed by atoms with Gasteiger partial charge in [-0.2, -0.15) is 0 Å². The van der Waals surface area contributed by atoms with E-state index in [4.69, 9.17) is 5.73 Å². The van der Waals surface area contributed by atoms with E-state index in [2.05, 4.69) is 4.84 Å². The molecule has 34 heavy (non-hydrogen) atoms. The molecule has 7 N–H and O–H groups in total. The first-order valence-corrected chi connectivity index (χ1v) is 9.82. The maximum Gasteiger partial charge on any atom is 0.491 e. The van der Waals surface area contributed by atoms with E-state index in [0.29, 0.717) is 0 Å². The second-order valence-electron chi connectivity index (χ2n) is 7.29. The molecule has 0 aliphatic carbocycles. The van der Waals surface area contributed by atoms with Crippen molar-refractivity contribution in [3.63, 3.8) is 0 Å². The third-order valence-electron chi connectivity index (χ3n) is 4.77. The molecular weight excluding hydrogens is 461 g/mol. The highest BCUT2D eigenvalue weighted by Gasteiger charge is 2.25. The zero-order valence-electron chi connectivity index (χ0n) is 17.9. The first-order chi connectivity index (χ1) is 15.9. The summed E-state index contributed by atoms with van der Waals surface area (Å²) in [5, 5.41) is 37.2. The molecule has 0 heterocycles. The highest BCUT2D eigenvalue weighted by Crippen LogP contribution is 2.15. The molecule has 0 aliphatic rings. The van der Waals surface area contributed by atoms with E-state index in [1.165, 1.54) is 7.11 Å². The Labute approximate surface area is 193 Å². The molecule has 1 atom stereocenters. The van der Waals surface area contributed by atoms with Crippen molar-refractivity contribution in [2.45, 2.75) is 19.0 Å². The fourth-order valence-corrected chi connectivity index (χ4v) is 3.09. The summed E-state index contributed by atoms with van der Waals surface area (Å²) in [4.78, 5) is 30.4. The number of hydrogen-bond acceptors (Lipinski definition) is 8. The van der Waals surface area contributed by atoms with Gasteiger partial charge in [-0.15, -0.1) is 0 Å². The quantitative estimate of drug-likeness (QED) is 0.160. The second-order valence-corrected chi connectivity index (χ2v) is 7.29. The lowest BCUT2D eigenvalue weighted by Gasteiger charge is -2.25. The summed E-state index contributed by atoms with van der Waals surface area (Å²) in [6.45, 7) is -0.664. The van der Waals surface area contributed by atoms with Crippen molar-refractivity contribution in [3.8, 4) is 0 Å². The van der Waals surface area contributed by atoms with Gasteiger partial charge in [-0.3, -0.25) is 14.4 Å². The fourth-order valence-electron chi connectivity index (χ4n) is 3.09. The molecule has 15 heteroatoms. The minimum absolute atomic E-state index is 0.0518.